The van der Waals surface area contributed by atoms with Gasteiger partial charge in [0.15, 0.2) is 11.4 Å². The molecule has 2 bridgehead atoms. The molecular weight excluding hydrogens is 428 g/mol. The fraction of sp³-hybridized carbons (Fsp3) is 0.478. The summed E-state index contributed by atoms with van der Waals surface area (Å²) in [7, 11) is 0. The predicted molar refractivity (Wildman–Crippen MR) is 122 cm³/mol. The zero-order valence-electron chi connectivity index (χ0n) is 18.6. The molecule has 0 N–H and O–H groups in total. The molecule has 4 heterocycles. The third kappa shape index (κ3) is 3.64. The van der Waals surface area contributed by atoms with Crippen molar-refractivity contribution in [3.63, 3.8) is 0 Å². The van der Waals surface area contributed by atoms with Crippen LogP contribution in [-0.2, 0) is 4.74 Å². The number of thiazole rings is 1. The number of ether oxygens (including phenoxy) is 1. The summed E-state index contributed by atoms with van der Waals surface area (Å²) in [4.78, 5) is 38.1. The van der Waals surface area contributed by atoms with E-state index in [9.17, 15) is 9.59 Å². The topological polar surface area (TPSA) is 88.8 Å². The highest BCUT2D eigenvalue weighted by molar-refractivity contribution is 7.13. The van der Waals surface area contributed by atoms with E-state index in [0.29, 0.717) is 35.8 Å². The Morgan fingerprint density at radius 2 is 1.91 bits per heavy atom. The van der Waals surface area contributed by atoms with Crippen LogP contribution < -0.4 is 4.90 Å². The number of ketones is 1. The van der Waals surface area contributed by atoms with Gasteiger partial charge in [0.05, 0.1) is 17.6 Å². The molecule has 2 saturated heterocycles. The van der Waals surface area contributed by atoms with Crippen molar-refractivity contribution in [2.45, 2.75) is 58.2 Å². The first kappa shape index (κ1) is 20.9. The van der Waals surface area contributed by atoms with E-state index in [2.05, 4.69) is 9.88 Å². The highest BCUT2D eigenvalue weighted by atomic mass is 32.1. The SMILES string of the molecule is CC(=O)c1ccc(-c2nccs2)c2oc(N3CC4CCC(C3)N4C(=O)OC(C)(C)C)nc12. The number of fused-ring (bicyclic) bond motifs is 3. The van der Waals surface area contributed by atoms with Crippen molar-refractivity contribution in [1.82, 2.24) is 14.9 Å². The molecule has 0 saturated carbocycles. The predicted octanol–water partition coefficient (Wildman–Crippen LogP) is 4.74. The summed E-state index contributed by atoms with van der Waals surface area (Å²) >= 11 is 1.51. The van der Waals surface area contributed by atoms with Crippen LogP contribution in [-0.4, -0.2) is 57.5 Å². The average Bonchev–Trinajstić information content (AvgIpc) is 3.43. The number of anilines is 1. The molecule has 168 valence electrons. The molecule has 3 aromatic rings. The Kier molecular flexibility index (Phi) is 4.96. The Balaban J connectivity index is 1.48. The van der Waals surface area contributed by atoms with E-state index in [-0.39, 0.29) is 24.0 Å². The fourth-order valence-corrected chi connectivity index (χ4v) is 5.27. The molecule has 1 amide bonds. The fourth-order valence-electron chi connectivity index (χ4n) is 4.61. The van der Waals surface area contributed by atoms with Gasteiger partial charge in [0.2, 0.25) is 0 Å². The van der Waals surface area contributed by atoms with Gasteiger partial charge >= 0.3 is 6.09 Å². The molecule has 32 heavy (non-hydrogen) atoms. The number of aromatic nitrogens is 2. The van der Waals surface area contributed by atoms with Crippen LogP contribution in [0.5, 0.6) is 0 Å². The Morgan fingerprint density at radius 3 is 2.50 bits per heavy atom. The number of rotatable bonds is 3. The van der Waals surface area contributed by atoms with Gasteiger partial charge in [0.25, 0.3) is 6.01 Å². The number of piperazine rings is 1. The lowest BCUT2D eigenvalue weighted by molar-refractivity contribution is 0.0120. The van der Waals surface area contributed by atoms with E-state index < -0.39 is 5.60 Å². The largest absolute Gasteiger partial charge is 0.444 e. The van der Waals surface area contributed by atoms with Crippen molar-refractivity contribution in [3.05, 3.63) is 29.3 Å². The smallest absolute Gasteiger partial charge is 0.410 e. The molecule has 5 rings (SSSR count). The second-order valence-corrected chi connectivity index (χ2v) is 10.3. The number of hydrogen-bond acceptors (Lipinski definition) is 8. The first-order chi connectivity index (χ1) is 15.2. The third-order valence-electron chi connectivity index (χ3n) is 5.93. The third-order valence-corrected chi connectivity index (χ3v) is 6.74. The molecule has 2 aliphatic rings. The van der Waals surface area contributed by atoms with E-state index >= 15 is 0 Å². The number of amides is 1. The van der Waals surface area contributed by atoms with Gasteiger partial charge in [-0.1, -0.05) is 0 Å². The molecule has 1 aromatic carbocycles. The van der Waals surface area contributed by atoms with E-state index in [1.807, 2.05) is 37.1 Å². The van der Waals surface area contributed by atoms with E-state index in [1.165, 1.54) is 18.3 Å². The van der Waals surface area contributed by atoms with Gasteiger partial charge < -0.3 is 14.1 Å². The summed E-state index contributed by atoms with van der Waals surface area (Å²) < 4.78 is 11.9. The van der Waals surface area contributed by atoms with E-state index in [4.69, 9.17) is 14.1 Å². The number of Topliss-reactive ketones (excluding diaryl/α,β-unsaturated/α-hetero) is 1. The lowest BCUT2D eigenvalue weighted by atomic mass is 10.1. The Bertz CT molecular complexity index is 1170. The molecule has 2 atom stereocenters. The molecule has 0 radical (unpaired) electrons. The Hall–Kier alpha value is -2.94. The number of benzene rings is 1. The van der Waals surface area contributed by atoms with Crippen LogP contribution in [0.1, 0.15) is 50.9 Å². The summed E-state index contributed by atoms with van der Waals surface area (Å²) in [5.74, 6) is -0.0599. The number of hydrogen-bond donors (Lipinski definition) is 0. The van der Waals surface area contributed by atoms with Crippen molar-refractivity contribution in [2.24, 2.45) is 0 Å². The van der Waals surface area contributed by atoms with Crippen molar-refractivity contribution in [1.29, 1.82) is 0 Å². The van der Waals surface area contributed by atoms with Crippen LogP contribution >= 0.6 is 11.3 Å². The summed E-state index contributed by atoms with van der Waals surface area (Å²) in [6.07, 6.45) is 3.33. The molecule has 8 nitrogen and oxygen atoms in total. The Morgan fingerprint density at radius 1 is 1.19 bits per heavy atom. The van der Waals surface area contributed by atoms with Crippen molar-refractivity contribution in [2.75, 3.05) is 18.0 Å². The monoisotopic (exact) mass is 454 g/mol. The minimum absolute atomic E-state index is 0.0457. The first-order valence-electron chi connectivity index (χ1n) is 10.8. The quantitative estimate of drug-likeness (QED) is 0.528. The van der Waals surface area contributed by atoms with Gasteiger partial charge in [0.1, 0.15) is 16.1 Å². The van der Waals surface area contributed by atoms with Crippen molar-refractivity contribution >= 4 is 40.3 Å². The first-order valence-corrected chi connectivity index (χ1v) is 11.7. The average molecular weight is 455 g/mol. The molecule has 2 aromatic heterocycles. The maximum absolute atomic E-state index is 12.8. The number of carbonyl (C=O) groups is 2. The Labute approximate surface area is 190 Å². The summed E-state index contributed by atoms with van der Waals surface area (Å²) in [6, 6.07) is 4.23. The lowest BCUT2D eigenvalue weighted by Crippen LogP contribution is -2.56. The molecule has 2 fully saturated rings. The maximum Gasteiger partial charge on any atom is 0.410 e. The lowest BCUT2D eigenvalue weighted by Gasteiger charge is -2.40. The number of oxazole rings is 1. The van der Waals surface area contributed by atoms with Gasteiger partial charge in [-0.3, -0.25) is 9.69 Å². The van der Waals surface area contributed by atoms with E-state index in [1.54, 1.807) is 12.3 Å². The zero-order chi connectivity index (χ0) is 22.6. The van der Waals surface area contributed by atoms with Gasteiger partial charge in [-0.25, -0.2) is 9.78 Å². The van der Waals surface area contributed by atoms with Crippen LogP contribution in [0.4, 0.5) is 10.8 Å². The van der Waals surface area contributed by atoms with Gasteiger partial charge in [-0.15, -0.1) is 11.3 Å². The highest BCUT2D eigenvalue weighted by Gasteiger charge is 2.45. The minimum atomic E-state index is -0.525. The second-order valence-electron chi connectivity index (χ2n) is 9.41. The van der Waals surface area contributed by atoms with Crippen LogP contribution in [0.3, 0.4) is 0 Å². The maximum atomic E-state index is 12.8. The van der Waals surface area contributed by atoms with Gasteiger partial charge in [-0.05, 0) is 52.7 Å². The summed E-state index contributed by atoms with van der Waals surface area (Å²) in [5.41, 5.74) is 1.97. The van der Waals surface area contributed by atoms with Crippen molar-refractivity contribution < 1.29 is 18.7 Å². The molecule has 2 aliphatic heterocycles. The minimum Gasteiger partial charge on any atom is -0.444 e. The molecule has 9 heteroatoms. The molecule has 0 aliphatic carbocycles. The molecular formula is C23H26N4O4S. The molecule has 2 unspecified atom stereocenters. The van der Waals surface area contributed by atoms with Crippen LogP contribution in [0.15, 0.2) is 28.1 Å². The van der Waals surface area contributed by atoms with Gasteiger partial charge in [-0.2, -0.15) is 4.98 Å². The van der Waals surface area contributed by atoms with Crippen LogP contribution in [0.25, 0.3) is 21.7 Å². The van der Waals surface area contributed by atoms with E-state index in [0.717, 1.165) is 23.4 Å². The zero-order valence-corrected chi connectivity index (χ0v) is 19.4. The van der Waals surface area contributed by atoms with Crippen LogP contribution in [0.2, 0.25) is 0 Å². The molecule has 0 spiro atoms. The number of nitrogens with zero attached hydrogens (tertiary/aromatic N) is 4. The summed E-state index contributed by atoms with van der Waals surface area (Å²) in [5, 5.41) is 2.73. The normalized spacial score (nSPS) is 20.8. The van der Waals surface area contributed by atoms with Crippen LogP contribution in [0, 0.1) is 0 Å². The second kappa shape index (κ2) is 7.58. The summed E-state index contributed by atoms with van der Waals surface area (Å²) in [6.45, 7) is 8.41. The standard InChI is InChI=1S/C23H26N4O4S/c1-13(28)16-7-8-17(20-24-9-10-32-20)19-18(16)25-21(30-19)26-11-14-5-6-15(12-26)27(14)22(29)31-23(2,3)4/h7-10,14-15H,5-6,11-12H2,1-4H3. The highest BCUT2D eigenvalue weighted by Crippen LogP contribution is 2.38. The van der Waals surface area contributed by atoms with Crippen molar-refractivity contribution in [3.8, 4) is 10.6 Å². The number of carbonyl (C=O) groups excluding carboxylic acids is 2. The van der Waals surface area contributed by atoms with Gasteiger partial charge in [0, 0.05) is 30.2 Å².